The number of aliphatic hydroxyl groups is 1. The number of nitrogens with zero attached hydrogens (tertiary/aromatic N) is 2. The van der Waals surface area contributed by atoms with Crippen LogP contribution in [-0.4, -0.2) is 73.1 Å². The summed E-state index contributed by atoms with van der Waals surface area (Å²) in [5.41, 5.74) is 2.01. The molecule has 1 fully saturated rings. The summed E-state index contributed by atoms with van der Waals surface area (Å²) < 4.78 is 17.4. The van der Waals surface area contributed by atoms with Gasteiger partial charge in [0.1, 0.15) is 11.5 Å². The van der Waals surface area contributed by atoms with E-state index in [1.54, 1.807) is 42.3 Å². The number of hydrogen-bond acceptors (Lipinski definition) is 7. The van der Waals surface area contributed by atoms with Crippen LogP contribution in [0.1, 0.15) is 70.2 Å². The summed E-state index contributed by atoms with van der Waals surface area (Å²) in [5, 5.41) is 11.6. The molecular formula is C33H46N2O6. The number of hydrogen-bond donors (Lipinski definition) is 1. The zero-order valence-electron chi connectivity index (χ0n) is 25.7. The van der Waals surface area contributed by atoms with Gasteiger partial charge in [0.25, 0.3) is 11.7 Å². The van der Waals surface area contributed by atoms with Crippen LogP contribution in [0, 0.1) is 12.8 Å². The lowest BCUT2D eigenvalue weighted by molar-refractivity contribution is -0.140. The van der Waals surface area contributed by atoms with Crippen LogP contribution in [0.25, 0.3) is 5.76 Å². The molecule has 1 amide bonds. The number of ketones is 1. The number of likely N-dealkylation sites (tertiary alicyclic amines) is 1. The zero-order chi connectivity index (χ0) is 30.1. The highest BCUT2D eigenvalue weighted by atomic mass is 16.5. The van der Waals surface area contributed by atoms with Crippen molar-refractivity contribution in [3.05, 3.63) is 58.7 Å². The number of likely N-dealkylation sites (N-methyl/N-ethyl adjacent to an activating group) is 1. The minimum absolute atomic E-state index is 0.0616. The van der Waals surface area contributed by atoms with Gasteiger partial charge in [0.05, 0.1) is 31.9 Å². The summed E-state index contributed by atoms with van der Waals surface area (Å²) in [7, 11) is 1.56. The van der Waals surface area contributed by atoms with E-state index in [4.69, 9.17) is 14.2 Å². The lowest BCUT2D eigenvalue weighted by Gasteiger charge is -2.28. The van der Waals surface area contributed by atoms with E-state index in [0.717, 1.165) is 37.2 Å². The van der Waals surface area contributed by atoms with E-state index in [1.165, 1.54) is 0 Å². The molecule has 0 saturated carbocycles. The molecule has 8 nitrogen and oxygen atoms in total. The summed E-state index contributed by atoms with van der Waals surface area (Å²) in [4.78, 5) is 30.7. The van der Waals surface area contributed by atoms with Crippen molar-refractivity contribution in [1.82, 2.24) is 9.80 Å². The number of methoxy groups -OCH3 is 1. The predicted octanol–water partition coefficient (Wildman–Crippen LogP) is 5.98. The van der Waals surface area contributed by atoms with Gasteiger partial charge in [-0.15, -0.1) is 0 Å². The first-order valence-corrected chi connectivity index (χ1v) is 14.7. The molecule has 41 heavy (non-hydrogen) atoms. The second-order valence-corrected chi connectivity index (χ2v) is 10.8. The molecular weight excluding hydrogens is 520 g/mol. The third kappa shape index (κ3) is 7.61. The number of benzene rings is 2. The van der Waals surface area contributed by atoms with Crippen molar-refractivity contribution in [1.29, 1.82) is 0 Å². The van der Waals surface area contributed by atoms with Gasteiger partial charge in [-0.3, -0.25) is 9.59 Å². The van der Waals surface area contributed by atoms with E-state index >= 15 is 0 Å². The van der Waals surface area contributed by atoms with Crippen molar-refractivity contribution in [3.63, 3.8) is 0 Å². The summed E-state index contributed by atoms with van der Waals surface area (Å²) in [6, 6.07) is 9.97. The van der Waals surface area contributed by atoms with Crippen LogP contribution in [0.15, 0.2) is 42.0 Å². The Bertz CT molecular complexity index is 1230. The number of Topliss-reactive ketones (excluding diaryl/α,β-unsaturated/α-hetero) is 1. The number of unbranched alkanes of at least 4 members (excludes halogenated alkanes) is 1. The lowest BCUT2D eigenvalue weighted by atomic mass is 9.94. The van der Waals surface area contributed by atoms with E-state index in [1.807, 2.05) is 13.0 Å². The highest BCUT2D eigenvalue weighted by Gasteiger charge is 2.46. The van der Waals surface area contributed by atoms with Crippen LogP contribution < -0.4 is 14.2 Å². The number of aliphatic hydroxyl groups excluding tert-OH is 1. The normalized spacial score (nSPS) is 16.6. The Hall–Kier alpha value is -3.52. The van der Waals surface area contributed by atoms with E-state index < -0.39 is 17.7 Å². The van der Waals surface area contributed by atoms with E-state index in [2.05, 4.69) is 39.5 Å². The van der Waals surface area contributed by atoms with Gasteiger partial charge in [0.2, 0.25) is 0 Å². The van der Waals surface area contributed by atoms with Crippen molar-refractivity contribution in [2.45, 2.75) is 60.4 Å². The Balaban J connectivity index is 2.09. The second kappa shape index (κ2) is 14.9. The highest BCUT2D eigenvalue weighted by Crippen LogP contribution is 2.42. The van der Waals surface area contributed by atoms with E-state index in [0.29, 0.717) is 54.8 Å². The number of ether oxygens (including phenoxy) is 3. The monoisotopic (exact) mass is 566 g/mol. The number of aryl methyl sites for hydroxylation is 1. The quantitative estimate of drug-likeness (QED) is 0.123. The Morgan fingerprint density at radius 2 is 1.71 bits per heavy atom. The van der Waals surface area contributed by atoms with Crippen molar-refractivity contribution in [2.24, 2.45) is 5.92 Å². The third-order valence-electron chi connectivity index (χ3n) is 7.37. The summed E-state index contributed by atoms with van der Waals surface area (Å²) in [6.45, 7) is 16.0. The summed E-state index contributed by atoms with van der Waals surface area (Å²) in [6.07, 6.45) is 1.92. The largest absolute Gasteiger partial charge is 0.507 e. The molecule has 0 radical (unpaired) electrons. The van der Waals surface area contributed by atoms with E-state index in [-0.39, 0.29) is 11.3 Å². The number of rotatable bonds is 15. The summed E-state index contributed by atoms with van der Waals surface area (Å²) >= 11 is 0. The average Bonchev–Trinajstić information content (AvgIpc) is 3.21. The first-order valence-electron chi connectivity index (χ1n) is 14.7. The van der Waals surface area contributed by atoms with E-state index in [9.17, 15) is 14.7 Å². The average molecular weight is 567 g/mol. The highest BCUT2D eigenvalue weighted by molar-refractivity contribution is 6.46. The van der Waals surface area contributed by atoms with Crippen molar-refractivity contribution in [3.8, 4) is 17.2 Å². The van der Waals surface area contributed by atoms with Gasteiger partial charge < -0.3 is 29.1 Å². The molecule has 1 saturated heterocycles. The van der Waals surface area contributed by atoms with Crippen LogP contribution in [0.2, 0.25) is 0 Å². The van der Waals surface area contributed by atoms with Crippen LogP contribution in [0.4, 0.5) is 0 Å². The number of amides is 1. The molecule has 0 spiro atoms. The SMILES string of the molecule is CCCCOc1ccc(C2/C(=C(\O)c3ccc(OCC(C)C)c(C)c3)C(=O)C(=O)N2CCN(CC)CC)cc1OC. The molecule has 224 valence electrons. The molecule has 1 aliphatic heterocycles. The predicted molar refractivity (Wildman–Crippen MR) is 162 cm³/mol. The molecule has 1 aliphatic rings. The number of carbonyl (C=O) groups excluding carboxylic acids is 2. The molecule has 8 heteroatoms. The van der Waals surface area contributed by atoms with Gasteiger partial charge in [-0.05, 0) is 73.8 Å². The molecule has 0 bridgehead atoms. The van der Waals surface area contributed by atoms with Crippen molar-refractivity contribution < 1.29 is 28.9 Å². The Morgan fingerprint density at radius 3 is 2.32 bits per heavy atom. The maximum atomic E-state index is 13.5. The smallest absolute Gasteiger partial charge is 0.295 e. The first-order chi connectivity index (χ1) is 19.7. The fourth-order valence-electron chi connectivity index (χ4n) is 4.92. The zero-order valence-corrected chi connectivity index (χ0v) is 25.7. The maximum absolute atomic E-state index is 13.5. The van der Waals surface area contributed by atoms with Gasteiger partial charge >= 0.3 is 0 Å². The molecule has 1 N–H and O–H groups in total. The standard InChI is InChI=1S/C33H46N2O6/c1-8-11-18-40-27-15-12-24(20-28(27)39-7)30-29(32(37)33(38)35(30)17-16-34(9-2)10-3)31(36)25-13-14-26(23(6)19-25)41-21-22(4)5/h12-15,19-20,22,30,36H,8-11,16-18,21H2,1-7H3/b31-29+. The van der Waals surface area contributed by atoms with Gasteiger partial charge in [0, 0.05) is 18.7 Å². The molecule has 0 aliphatic carbocycles. The van der Waals surface area contributed by atoms with Crippen molar-refractivity contribution in [2.75, 3.05) is 46.5 Å². The van der Waals surface area contributed by atoms with Gasteiger partial charge in [-0.25, -0.2) is 0 Å². The Kier molecular flexibility index (Phi) is 11.6. The molecule has 1 atom stereocenters. The van der Waals surface area contributed by atoms with Crippen LogP contribution >= 0.6 is 0 Å². The molecule has 1 heterocycles. The fraction of sp³-hybridized carbons (Fsp3) is 0.515. The molecule has 2 aromatic carbocycles. The van der Waals surface area contributed by atoms with Crippen LogP contribution in [0.5, 0.6) is 17.2 Å². The third-order valence-corrected chi connectivity index (χ3v) is 7.37. The topological polar surface area (TPSA) is 88.5 Å². The molecule has 2 aromatic rings. The first kappa shape index (κ1) is 32.0. The number of carbonyl (C=O) groups is 2. The van der Waals surface area contributed by atoms with Crippen molar-refractivity contribution >= 4 is 17.4 Å². The van der Waals surface area contributed by atoms with Crippen LogP contribution in [0.3, 0.4) is 0 Å². The fourth-order valence-corrected chi connectivity index (χ4v) is 4.92. The minimum Gasteiger partial charge on any atom is -0.507 e. The Labute approximate surface area is 244 Å². The molecule has 3 rings (SSSR count). The Morgan fingerprint density at radius 1 is 1.00 bits per heavy atom. The van der Waals surface area contributed by atoms with Crippen LogP contribution in [-0.2, 0) is 9.59 Å². The summed E-state index contributed by atoms with van der Waals surface area (Å²) in [5.74, 6) is 0.656. The minimum atomic E-state index is -0.777. The van der Waals surface area contributed by atoms with Gasteiger partial charge in [-0.1, -0.05) is 47.1 Å². The second-order valence-electron chi connectivity index (χ2n) is 10.8. The van der Waals surface area contributed by atoms with Gasteiger partial charge in [-0.2, -0.15) is 0 Å². The lowest BCUT2D eigenvalue weighted by Crippen LogP contribution is -2.38. The van der Waals surface area contributed by atoms with Gasteiger partial charge in [0.15, 0.2) is 11.5 Å². The molecule has 0 aromatic heterocycles. The maximum Gasteiger partial charge on any atom is 0.295 e. The molecule has 1 unspecified atom stereocenters.